The van der Waals surface area contributed by atoms with Gasteiger partial charge < -0.3 is 14.6 Å². The number of carbonyl (C=O) groups excluding carboxylic acids is 2. The van der Waals surface area contributed by atoms with Crippen molar-refractivity contribution in [2.75, 3.05) is 13.1 Å². The van der Waals surface area contributed by atoms with Gasteiger partial charge in [-0.3, -0.25) is 9.59 Å². The van der Waals surface area contributed by atoms with Crippen LogP contribution in [0.4, 0.5) is 0 Å². The number of hydrogen-bond acceptors (Lipinski definition) is 3. The lowest BCUT2D eigenvalue weighted by Crippen LogP contribution is -2.44. The van der Waals surface area contributed by atoms with Gasteiger partial charge in [0.1, 0.15) is 6.26 Å². The first kappa shape index (κ1) is 16.9. The highest BCUT2D eigenvalue weighted by molar-refractivity contribution is 5.94. The lowest BCUT2D eigenvalue weighted by Gasteiger charge is -2.32. The van der Waals surface area contributed by atoms with Crippen LogP contribution in [0, 0.1) is 11.8 Å². The fourth-order valence-electron chi connectivity index (χ4n) is 3.75. The van der Waals surface area contributed by atoms with E-state index in [0.717, 1.165) is 0 Å². The molecule has 2 aliphatic rings. The van der Waals surface area contributed by atoms with Gasteiger partial charge in [0.15, 0.2) is 0 Å². The number of nitrogens with zero attached hydrogens (tertiary/aromatic N) is 1. The maximum atomic E-state index is 12.8. The minimum atomic E-state index is -0.0200. The maximum Gasteiger partial charge on any atom is 0.257 e. The van der Waals surface area contributed by atoms with Crippen LogP contribution in [0.5, 0.6) is 0 Å². The molecule has 1 saturated heterocycles. The summed E-state index contributed by atoms with van der Waals surface area (Å²) in [7, 11) is 0. The molecular weight excluding hydrogens is 328 g/mol. The predicted molar refractivity (Wildman–Crippen MR) is 97.4 cm³/mol. The molecule has 0 radical (unpaired) electrons. The molecule has 136 valence electrons. The summed E-state index contributed by atoms with van der Waals surface area (Å²) in [5.74, 6) is 0.649. The number of amides is 2. The van der Waals surface area contributed by atoms with E-state index >= 15 is 0 Å². The number of furan rings is 1. The first-order valence-corrected chi connectivity index (χ1v) is 9.39. The van der Waals surface area contributed by atoms with Crippen LogP contribution in [-0.4, -0.2) is 29.8 Å². The van der Waals surface area contributed by atoms with E-state index in [1.54, 1.807) is 6.07 Å². The van der Waals surface area contributed by atoms with Gasteiger partial charge in [-0.25, -0.2) is 0 Å². The monoisotopic (exact) mass is 352 g/mol. The number of likely N-dealkylation sites (tertiary alicyclic amines) is 1. The molecule has 1 aromatic carbocycles. The first-order chi connectivity index (χ1) is 12.7. The summed E-state index contributed by atoms with van der Waals surface area (Å²) in [6.45, 7) is 1.23. The van der Waals surface area contributed by atoms with Crippen LogP contribution in [-0.2, 0) is 4.79 Å². The topological polar surface area (TPSA) is 62.6 Å². The van der Waals surface area contributed by atoms with E-state index in [4.69, 9.17) is 4.42 Å². The quantitative estimate of drug-likeness (QED) is 0.897. The normalized spacial score (nSPS) is 19.2. The number of hydrogen-bond donors (Lipinski definition) is 1. The Balaban J connectivity index is 1.34. The van der Waals surface area contributed by atoms with Gasteiger partial charge in [0.25, 0.3) is 5.91 Å². The third-order valence-electron chi connectivity index (χ3n) is 5.47. The van der Waals surface area contributed by atoms with Crippen LogP contribution in [0.25, 0.3) is 0 Å². The van der Waals surface area contributed by atoms with Crippen molar-refractivity contribution in [1.82, 2.24) is 10.2 Å². The van der Waals surface area contributed by atoms with Gasteiger partial charge in [-0.1, -0.05) is 30.3 Å². The van der Waals surface area contributed by atoms with Gasteiger partial charge in [-0.15, -0.1) is 0 Å². The SMILES string of the molecule is O=C(NC(c1ccccc1)C1CC1)C1CCN(C(=O)c2ccoc2)CC1. The maximum absolute atomic E-state index is 12.8. The molecule has 1 aliphatic carbocycles. The summed E-state index contributed by atoms with van der Waals surface area (Å²) in [6, 6.07) is 12.0. The zero-order valence-electron chi connectivity index (χ0n) is 14.8. The van der Waals surface area contributed by atoms with Crippen molar-refractivity contribution in [3.05, 3.63) is 60.1 Å². The van der Waals surface area contributed by atoms with Crippen molar-refractivity contribution in [3.8, 4) is 0 Å². The van der Waals surface area contributed by atoms with Gasteiger partial charge in [0.05, 0.1) is 17.9 Å². The molecule has 5 heteroatoms. The second-order valence-corrected chi connectivity index (χ2v) is 7.31. The predicted octanol–water partition coefficient (Wildman–Crippen LogP) is 3.40. The summed E-state index contributed by atoms with van der Waals surface area (Å²) < 4.78 is 4.99. The van der Waals surface area contributed by atoms with Crippen LogP contribution in [0.3, 0.4) is 0 Å². The lowest BCUT2D eigenvalue weighted by molar-refractivity contribution is -0.127. The Kier molecular flexibility index (Phi) is 4.78. The standard InChI is InChI=1S/C21H24N2O3/c24-20(22-19(16-6-7-16)15-4-2-1-3-5-15)17-8-11-23(12-9-17)21(25)18-10-13-26-14-18/h1-5,10,13-14,16-17,19H,6-9,11-12H2,(H,22,24). The number of carbonyl (C=O) groups is 2. The fourth-order valence-corrected chi connectivity index (χ4v) is 3.75. The minimum Gasteiger partial charge on any atom is -0.472 e. The Bertz CT molecular complexity index is 745. The van der Waals surface area contributed by atoms with Gasteiger partial charge in [0, 0.05) is 19.0 Å². The van der Waals surface area contributed by atoms with Crippen LogP contribution >= 0.6 is 0 Å². The Morgan fingerprint density at radius 3 is 2.38 bits per heavy atom. The van der Waals surface area contributed by atoms with E-state index in [1.807, 2.05) is 23.1 Å². The molecule has 2 fully saturated rings. The van der Waals surface area contributed by atoms with Crippen LogP contribution in [0.1, 0.15) is 47.6 Å². The minimum absolute atomic E-state index is 0.0160. The van der Waals surface area contributed by atoms with Crippen LogP contribution in [0.2, 0.25) is 0 Å². The molecule has 0 bridgehead atoms. The number of nitrogens with one attached hydrogen (secondary N) is 1. The molecule has 2 heterocycles. The van der Waals surface area contributed by atoms with Gasteiger partial charge in [-0.05, 0) is 43.2 Å². The van der Waals surface area contributed by atoms with Crippen molar-refractivity contribution in [2.45, 2.75) is 31.7 Å². The molecular formula is C21H24N2O3. The fraction of sp³-hybridized carbons (Fsp3) is 0.429. The molecule has 4 rings (SSSR count). The van der Waals surface area contributed by atoms with E-state index in [1.165, 1.54) is 30.9 Å². The summed E-state index contributed by atoms with van der Waals surface area (Å²) in [5, 5.41) is 3.28. The third-order valence-corrected chi connectivity index (χ3v) is 5.47. The highest BCUT2D eigenvalue weighted by Gasteiger charge is 2.35. The van der Waals surface area contributed by atoms with Gasteiger partial charge >= 0.3 is 0 Å². The zero-order chi connectivity index (χ0) is 17.9. The van der Waals surface area contributed by atoms with E-state index in [2.05, 4.69) is 17.4 Å². The van der Waals surface area contributed by atoms with Crippen molar-refractivity contribution in [3.63, 3.8) is 0 Å². The summed E-state index contributed by atoms with van der Waals surface area (Å²) in [4.78, 5) is 27.0. The van der Waals surface area contributed by atoms with E-state index in [9.17, 15) is 9.59 Å². The Morgan fingerprint density at radius 2 is 1.77 bits per heavy atom. The molecule has 1 aromatic heterocycles. The van der Waals surface area contributed by atoms with Crippen molar-refractivity contribution >= 4 is 11.8 Å². The third kappa shape index (κ3) is 3.66. The molecule has 1 saturated carbocycles. The van der Waals surface area contributed by atoms with E-state index in [-0.39, 0.29) is 23.8 Å². The van der Waals surface area contributed by atoms with Crippen molar-refractivity contribution < 1.29 is 14.0 Å². The summed E-state index contributed by atoms with van der Waals surface area (Å²) >= 11 is 0. The lowest BCUT2D eigenvalue weighted by atomic mass is 9.94. The van der Waals surface area contributed by atoms with Gasteiger partial charge in [0.2, 0.25) is 5.91 Å². The van der Waals surface area contributed by atoms with Crippen molar-refractivity contribution in [1.29, 1.82) is 0 Å². The average Bonchev–Trinajstić information content (AvgIpc) is 3.39. The largest absolute Gasteiger partial charge is 0.472 e. The number of benzene rings is 1. The second-order valence-electron chi connectivity index (χ2n) is 7.31. The molecule has 0 spiro atoms. The zero-order valence-corrected chi connectivity index (χ0v) is 14.8. The Hall–Kier alpha value is -2.56. The molecule has 2 aromatic rings. The first-order valence-electron chi connectivity index (χ1n) is 9.39. The smallest absolute Gasteiger partial charge is 0.257 e. The second kappa shape index (κ2) is 7.36. The number of rotatable bonds is 5. The average molecular weight is 352 g/mol. The van der Waals surface area contributed by atoms with E-state index in [0.29, 0.717) is 37.4 Å². The number of piperidine rings is 1. The molecule has 5 nitrogen and oxygen atoms in total. The molecule has 1 unspecified atom stereocenters. The van der Waals surface area contributed by atoms with Gasteiger partial charge in [-0.2, -0.15) is 0 Å². The molecule has 1 N–H and O–H groups in total. The van der Waals surface area contributed by atoms with E-state index < -0.39 is 0 Å². The highest BCUT2D eigenvalue weighted by atomic mass is 16.3. The molecule has 2 amide bonds. The highest BCUT2D eigenvalue weighted by Crippen LogP contribution is 2.41. The summed E-state index contributed by atoms with van der Waals surface area (Å²) in [5.41, 5.74) is 1.77. The summed E-state index contributed by atoms with van der Waals surface area (Å²) in [6.07, 6.45) is 6.76. The molecule has 1 atom stereocenters. The Labute approximate surface area is 153 Å². The molecule has 1 aliphatic heterocycles. The van der Waals surface area contributed by atoms with Crippen molar-refractivity contribution in [2.24, 2.45) is 11.8 Å². The Morgan fingerprint density at radius 1 is 1.04 bits per heavy atom. The molecule has 26 heavy (non-hydrogen) atoms. The van der Waals surface area contributed by atoms with Crippen LogP contribution in [0.15, 0.2) is 53.3 Å². The van der Waals surface area contributed by atoms with Crippen LogP contribution < -0.4 is 5.32 Å².